The number of nitrogens with one attached hydrogen (secondary N) is 1. The topological polar surface area (TPSA) is 148 Å². The van der Waals surface area contributed by atoms with Crippen molar-refractivity contribution in [2.24, 2.45) is 5.92 Å². The SMILES string of the molecule is COc1ccc2nc(NC(=O)[C@H](CC3CCCC3)c3ccc(S(=O)(=O)N(CCOC(C)C)CCC(=O)O)cc3)sc2n1. The summed E-state index contributed by atoms with van der Waals surface area (Å²) >= 11 is 1.26. The second-order valence-electron chi connectivity index (χ2n) is 10.7. The zero-order valence-corrected chi connectivity index (χ0v) is 25.7. The lowest BCUT2D eigenvalue weighted by Gasteiger charge is -2.23. The molecule has 0 saturated heterocycles. The van der Waals surface area contributed by atoms with Gasteiger partial charge in [0, 0.05) is 19.2 Å². The first-order valence-electron chi connectivity index (χ1n) is 14.1. The van der Waals surface area contributed by atoms with Gasteiger partial charge in [0.1, 0.15) is 10.3 Å². The van der Waals surface area contributed by atoms with Crippen LogP contribution in [0.1, 0.15) is 63.9 Å². The van der Waals surface area contributed by atoms with E-state index in [1.807, 2.05) is 13.8 Å². The Labute approximate surface area is 250 Å². The summed E-state index contributed by atoms with van der Waals surface area (Å²) in [6.07, 6.45) is 4.61. The molecule has 1 saturated carbocycles. The van der Waals surface area contributed by atoms with E-state index in [9.17, 15) is 18.0 Å². The maximum absolute atomic E-state index is 13.6. The van der Waals surface area contributed by atoms with Gasteiger partial charge in [0.25, 0.3) is 0 Å². The van der Waals surface area contributed by atoms with Crippen LogP contribution in [0.3, 0.4) is 0 Å². The van der Waals surface area contributed by atoms with Crippen LogP contribution in [0.4, 0.5) is 5.13 Å². The lowest BCUT2D eigenvalue weighted by Crippen LogP contribution is -2.36. The maximum atomic E-state index is 13.6. The van der Waals surface area contributed by atoms with E-state index in [0.29, 0.717) is 39.3 Å². The molecule has 1 aliphatic carbocycles. The maximum Gasteiger partial charge on any atom is 0.304 e. The van der Waals surface area contributed by atoms with Gasteiger partial charge >= 0.3 is 5.97 Å². The summed E-state index contributed by atoms with van der Waals surface area (Å²) < 4.78 is 38.8. The zero-order valence-electron chi connectivity index (χ0n) is 24.1. The number of aromatic nitrogens is 2. The van der Waals surface area contributed by atoms with Crippen molar-refractivity contribution in [1.29, 1.82) is 0 Å². The molecule has 13 heteroatoms. The van der Waals surface area contributed by atoms with Crippen molar-refractivity contribution in [2.75, 3.05) is 32.1 Å². The quantitative estimate of drug-likeness (QED) is 0.243. The Morgan fingerprint density at radius 2 is 1.81 bits per heavy atom. The van der Waals surface area contributed by atoms with E-state index < -0.39 is 21.9 Å². The molecule has 2 aromatic heterocycles. The lowest BCUT2D eigenvalue weighted by atomic mass is 9.87. The number of hydrogen-bond acceptors (Lipinski definition) is 9. The van der Waals surface area contributed by atoms with Crippen LogP contribution in [0.5, 0.6) is 5.88 Å². The van der Waals surface area contributed by atoms with Crippen molar-refractivity contribution in [2.45, 2.75) is 69.3 Å². The third kappa shape index (κ3) is 8.24. The Hall–Kier alpha value is -3.13. The normalized spacial score (nSPS) is 15.0. The largest absolute Gasteiger partial charge is 0.481 e. The molecule has 1 aromatic carbocycles. The first-order chi connectivity index (χ1) is 20.1. The average Bonchev–Trinajstić information content (AvgIpc) is 3.62. The molecule has 0 radical (unpaired) electrons. The van der Waals surface area contributed by atoms with Crippen molar-refractivity contribution in [3.63, 3.8) is 0 Å². The minimum Gasteiger partial charge on any atom is -0.481 e. The van der Waals surface area contributed by atoms with Crippen molar-refractivity contribution >= 4 is 48.7 Å². The van der Waals surface area contributed by atoms with Crippen molar-refractivity contribution in [3.05, 3.63) is 42.0 Å². The van der Waals surface area contributed by atoms with Crippen LogP contribution >= 0.6 is 11.3 Å². The van der Waals surface area contributed by atoms with Crippen molar-refractivity contribution in [1.82, 2.24) is 14.3 Å². The van der Waals surface area contributed by atoms with Gasteiger partial charge in [0.15, 0.2) is 5.13 Å². The van der Waals surface area contributed by atoms with Crippen molar-refractivity contribution in [3.8, 4) is 5.88 Å². The van der Waals surface area contributed by atoms with Gasteiger partial charge < -0.3 is 19.9 Å². The third-order valence-electron chi connectivity index (χ3n) is 7.32. The summed E-state index contributed by atoms with van der Waals surface area (Å²) in [7, 11) is -2.45. The molecule has 11 nitrogen and oxygen atoms in total. The van der Waals surface area contributed by atoms with E-state index in [1.165, 1.54) is 30.6 Å². The van der Waals surface area contributed by atoms with E-state index in [-0.39, 0.29) is 43.0 Å². The molecule has 2 heterocycles. The van der Waals surface area contributed by atoms with Crippen molar-refractivity contribution < 1.29 is 32.6 Å². The number of nitrogens with zero attached hydrogens (tertiary/aromatic N) is 3. The molecule has 2 N–H and O–H groups in total. The van der Waals surface area contributed by atoms with Gasteiger partial charge in [-0.25, -0.2) is 18.4 Å². The van der Waals surface area contributed by atoms with Gasteiger partial charge in [0.05, 0.1) is 37.1 Å². The molecule has 0 aliphatic heterocycles. The monoisotopic (exact) mass is 618 g/mol. The number of hydrogen-bond donors (Lipinski definition) is 2. The number of carboxylic acids is 1. The summed E-state index contributed by atoms with van der Waals surface area (Å²) in [6, 6.07) is 9.84. The molecule has 1 aliphatic rings. The van der Waals surface area contributed by atoms with E-state index in [4.69, 9.17) is 14.6 Å². The van der Waals surface area contributed by atoms with Crippen LogP contribution in [-0.4, -0.2) is 72.6 Å². The highest BCUT2D eigenvalue weighted by Gasteiger charge is 2.29. The Morgan fingerprint density at radius 3 is 2.45 bits per heavy atom. The number of benzene rings is 1. The molecule has 1 amide bonds. The fraction of sp³-hybridized carbons (Fsp3) is 0.517. The molecule has 228 valence electrons. The summed E-state index contributed by atoms with van der Waals surface area (Å²) in [5, 5.41) is 12.5. The summed E-state index contributed by atoms with van der Waals surface area (Å²) in [5.74, 6) is -0.927. The fourth-order valence-electron chi connectivity index (χ4n) is 5.12. The standard InChI is InChI=1S/C29H38N4O7S2/c1-19(2)40-17-16-33(15-14-26(34)35)42(37,38)22-10-8-21(9-11-22)23(18-20-6-4-5-7-20)27(36)32-29-30-24-12-13-25(39-3)31-28(24)41-29/h8-13,19-20,23H,4-7,14-18H2,1-3H3,(H,34,35)(H,30,32,36)/t23-/m1/s1. The van der Waals surface area contributed by atoms with Crippen LogP contribution in [0.2, 0.25) is 0 Å². The van der Waals surface area contributed by atoms with Crippen LogP contribution in [0.25, 0.3) is 10.3 Å². The Morgan fingerprint density at radius 1 is 1.10 bits per heavy atom. The van der Waals surface area contributed by atoms with E-state index >= 15 is 0 Å². The van der Waals surface area contributed by atoms with E-state index in [1.54, 1.807) is 24.3 Å². The number of methoxy groups -OCH3 is 1. The number of aliphatic carboxylic acids is 1. The number of thiazole rings is 1. The second kappa shape index (κ2) is 14.4. The van der Waals surface area contributed by atoms with Gasteiger partial charge in [-0.1, -0.05) is 49.2 Å². The van der Waals surface area contributed by atoms with Gasteiger partial charge in [-0.15, -0.1) is 0 Å². The Balaban J connectivity index is 1.55. The highest BCUT2D eigenvalue weighted by molar-refractivity contribution is 7.89. The number of rotatable bonds is 15. The predicted octanol–water partition coefficient (Wildman–Crippen LogP) is 4.89. The first kappa shape index (κ1) is 31.8. The molecular formula is C29H38N4O7S2. The van der Waals surface area contributed by atoms with Gasteiger partial charge in [-0.05, 0) is 49.9 Å². The first-order valence-corrected chi connectivity index (χ1v) is 16.4. The lowest BCUT2D eigenvalue weighted by molar-refractivity contribution is -0.137. The van der Waals surface area contributed by atoms with Crippen LogP contribution < -0.4 is 10.1 Å². The molecule has 42 heavy (non-hydrogen) atoms. The van der Waals surface area contributed by atoms with E-state index in [0.717, 1.165) is 30.0 Å². The van der Waals surface area contributed by atoms with Crippen LogP contribution in [0, 0.1) is 5.92 Å². The molecule has 0 unspecified atom stereocenters. The number of pyridine rings is 1. The third-order valence-corrected chi connectivity index (χ3v) is 10.1. The Kier molecular flexibility index (Phi) is 10.9. The summed E-state index contributed by atoms with van der Waals surface area (Å²) in [5.41, 5.74) is 1.36. The molecule has 0 spiro atoms. The van der Waals surface area contributed by atoms with E-state index in [2.05, 4.69) is 15.3 Å². The number of ether oxygens (including phenoxy) is 2. The highest BCUT2D eigenvalue weighted by Crippen LogP contribution is 2.36. The smallest absolute Gasteiger partial charge is 0.304 e. The molecular weight excluding hydrogens is 580 g/mol. The van der Waals surface area contributed by atoms with Gasteiger partial charge in [-0.3, -0.25) is 9.59 Å². The number of carbonyl (C=O) groups excluding carboxylic acids is 1. The molecule has 0 bridgehead atoms. The second-order valence-corrected chi connectivity index (χ2v) is 13.6. The molecule has 1 fully saturated rings. The van der Waals surface area contributed by atoms with Crippen LogP contribution in [-0.2, 0) is 24.3 Å². The molecule has 1 atom stereocenters. The average molecular weight is 619 g/mol. The zero-order chi connectivity index (χ0) is 30.3. The summed E-state index contributed by atoms with van der Waals surface area (Å²) in [6.45, 7) is 3.70. The number of carbonyl (C=O) groups is 2. The molecule has 4 rings (SSSR count). The summed E-state index contributed by atoms with van der Waals surface area (Å²) in [4.78, 5) is 34.4. The van der Waals surface area contributed by atoms with Crippen LogP contribution in [0.15, 0.2) is 41.3 Å². The highest BCUT2D eigenvalue weighted by atomic mass is 32.2. The number of carboxylic acid groups (broad SMARTS) is 1. The van der Waals surface area contributed by atoms with Gasteiger partial charge in [0.2, 0.25) is 21.8 Å². The minimum absolute atomic E-state index is 0.0329. The number of sulfonamides is 1. The minimum atomic E-state index is -3.98. The number of anilines is 1. The van der Waals surface area contributed by atoms with Gasteiger partial charge in [-0.2, -0.15) is 4.31 Å². The fourth-order valence-corrected chi connectivity index (χ4v) is 7.37. The number of amides is 1. The Bertz CT molecular complexity index is 1470. The number of fused-ring (bicyclic) bond motifs is 1. The predicted molar refractivity (Wildman–Crippen MR) is 160 cm³/mol. The molecule has 3 aromatic rings.